The lowest BCUT2D eigenvalue weighted by molar-refractivity contribution is 0.101. The van der Waals surface area contributed by atoms with E-state index in [1.54, 1.807) is 0 Å². The lowest BCUT2D eigenvalue weighted by Crippen LogP contribution is -2.35. The third-order valence-electron chi connectivity index (χ3n) is 7.16. The summed E-state index contributed by atoms with van der Waals surface area (Å²) in [6.07, 6.45) is 4.69. The first-order chi connectivity index (χ1) is 16.6. The first-order valence-electron chi connectivity index (χ1n) is 12.8. The Hall–Kier alpha value is -2.88. The Morgan fingerprint density at radius 2 is 1.38 bits per heavy atom. The number of β-amino-alcohol motifs (C(OH)–C–C–N with tert-alkyl or cyclic N) is 1. The quantitative estimate of drug-likeness (QED) is 0.347. The fraction of sp³-hybridized carbons (Fsp3) is 0.355. The molecule has 1 atom stereocenters. The molecule has 2 heterocycles. The number of hydrogen-bond donors (Lipinski definition) is 1. The molecular formula is C31H36N2O. The summed E-state index contributed by atoms with van der Waals surface area (Å²) in [5.74, 6) is 0. The van der Waals surface area contributed by atoms with Crippen LogP contribution in [0.3, 0.4) is 0 Å². The molecule has 3 aromatic carbocycles. The summed E-state index contributed by atoms with van der Waals surface area (Å²) in [6, 6.07) is 26.0. The monoisotopic (exact) mass is 452 g/mol. The van der Waals surface area contributed by atoms with Crippen LogP contribution in [0.5, 0.6) is 0 Å². The number of aromatic nitrogens is 1. The Balaban J connectivity index is 1.67. The summed E-state index contributed by atoms with van der Waals surface area (Å²) < 4.78 is 2.39. The summed E-state index contributed by atoms with van der Waals surface area (Å²) >= 11 is 0. The number of hydrogen-bond acceptors (Lipinski definition) is 2. The highest BCUT2D eigenvalue weighted by atomic mass is 16.3. The Kier molecular flexibility index (Phi) is 6.85. The van der Waals surface area contributed by atoms with Gasteiger partial charge in [-0.05, 0) is 62.5 Å². The van der Waals surface area contributed by atoms with E-state index in [4.69, 9.17) is 0 Å². The van der Waals surface area contributed by atoms with Crippen LogP contribution in [-0.4, -0.2) is 40.3 Å². The summed E-state index contributed by atoms with van der Waals surface area (Å²) in [5.41, 5.74) is 8.63. The molecule has 3 heteroatoms. The molecular weight excluding hydrogens is 416 g/mol. The number of fused-ring (bicyclic) bond motifs is 1. The Labute approximate surface area is 203 Å². The van der Waals surface area contributed by atoms with Gasteiger partial charge in [0.2, 0.25) is 0 Å². The van der Waals surface area contributed by atoms with Gasteiger partial charge in [0.15, 0.2) is 0 Å². The van der Waals surface area contributed by atoms with Gasteiger partial charge in [0, 0.05) is 17.5 Å². The third kappa shape index (κ3) is 4.68. The van der Waals surface area contributed by atoms with Crippen LogP contribution in [0.2, 0.25) is 0 Å². The minimum absolute atomic E-state index is 0.416. The second-order valence-electron chi connectivity index (χ2n) is 9.91. The molecule has 0 aliphatic carbocycles. The minimum Gasteiger partial charge on any atom is -0.390 e. The number of aliphatic hydroxyl groups is 1. The van der Waals surface area contributed by atoms with Crippen molar-refractivity contribution in [1.82, 2.24) is 9.47 Å². The van der Waals surface area contributed by atoms with E-state index in [0.717, 1.165) is 19.6 Å². The topological polar surface area (TPSA) is 28.4 Å². The minimum atomic E-state index is -0.416. The van der Waals surface area contributed by atoms with E-state index in [2.05, 4.69) is 96.1 Å². The molecule has 1 aromatic heterocycles. The van der Waals surface area contributed by atoms with Gasteiger partial charge in [0.05, 0.1) is 23.9 Å². The molecule has 34 heavy (non-hydrogen) atoms. The number of aliphatic hydroxyl groups excluding tert-OH is 1. The van der Waals surface area contributed by atoms with Crippen molar-refractivity contribution in [3.05, 3.63) is 83.9 Å². The standard InChI is InChI=1S/C31H36N2O/c1-23-19-24(2)30-28(20-23)29(25-13-7-5-8-14-25)31(26-15-9-6-10-16-26)33(30)22-27(34)21-32-17-11-3-4-12-18-32/h5-10,13-16,19-20,27,34H,3-4,11-12,17-18,21-22H2,1-2H3. The van der Waals surface area contributed by atoms with Crippen molar-refractivity contribution in [3.63, 3.8) is 0 Å². The Morgan fingerprint density at radius 3 is 2.03 bits per heavy atom. The van der Waals surface area contributed by atoms with E-state index in [-0.39, 0.29) is 0 Å². The van der Waals surface area contributed by atoms with Crippen molar-refractivity contribution in [2.45, 2.75) is 52.2 Å². The maximum atomic E-state index is 11.3. The highest BCUT2D eigenvalue weighted by molar-refractivity contribution is 6.06. The van der Waals surface area contributed by atoms with Gasteiger partial charge in [-0.3, -0.25) is 0 Å². The maximum Gasteiger partial charge on any atom is 0.0845 e. The third-order valence-corrected chi connectivity index (χ3v) is 7.16. The fourth-order valence-corrected chi connectivity index (χ4v) is 5.74. The van der Waals surface area contributed by atoms with Gasteiger partial charge in [0.25, 0.3) is 0 Å². The molecule has 3 nitrogen and oxygen atoms in total. The zero-order valence-corrected chi connectivity index (χ0v) is 20.5. The molecule has 0 saturated carbocycles. The number of likely N-dealkylation sites (tertiary alicyclic amines) is 1. The van der Waals surface area contributed by atoms with E-state index in [9.17, 15) is 5.11 Å². The van der Waals surface area contributed by atoms with E-state index in [0.29, 0.717) is 6.54 Å². The van der Waals surface area contributed by atoms with Gasteiger partial charge in [-0.15, -0.1) is 0 Å². The lowest BCUT2D eigenvalue weighted by atomic mass is 9.97. The predicted molar refractivity (Wildman–Crippen MR) is 143 cm³/mol. The molecule has 1 unspecified atom stereocenters. The lowest BCUT2D eigenvalue weighted by Gasteiger charge is -2.25. The molecule has 1 aliphatic heterocycles. The van der Waals surface area contributed by atoms with E-state index < -0.39 is 6.10 Å². The average molecular weight is 453 g/mol. The summed E-state index contributed by atoms with van der Waals surface area (Å²) in [4.78, 5) is 2.46. The molecule has 0 amide bonds. The smallest absolute Gasteiger partial charge is 0.0845 e. The predicted octanol–water partition coefficient (Wildman–Crippen LogP) is 6.83. The van der Waals surface area contributed by atoms with Gasteiger partial charge in [0.1, 0.15) is 0 Å². The molecule has 176 valence electrons. The highest BCUT2D eigenvalue weighted by Gasteiger charge is 2.24. The van der Waals surface area contributed by atoms with Gasteiger partial charge in [-0.1, -0.05) is 85.1 Å². The molecule has 1 saturated heterocycles. The number of benzene rings is 3. The van der Waals surface area contributed by atoms with Gasteiger partial charge < -0.3 is 14.6 Å². The van der Waals surface area contributed by atoms with Crippen LogP contribution < -0.4 is 0 Å². The van der Waals surface area contributed by atoms with Crippen molar-refractivity contribution in [1.29, 1.82) is 0 Å². The van der Waals surface area contributed by atoms with Crippen LogP contribution >= 0.6 is 0 Å². The Morgan fingerprint density at radius 1 is 0.765 bits per heavy atom. The summed E-state index contributed by atoms with van der Waals surface area (Å²) in [5, 5.41) is 12.6. The van der Waals surface area contributed by atoms with Crippen LogP contribution in [-0.2, 0) is 6.54 Å². The van der Waals surface area contributed by atoms with Gasteiger partial charge >= 0.3 is 0 Å². The number of rotatable bonds is 6. The number of aryl methyl sites for hydroxylation is 2. The van der Waals surface area contributed by atoms with E-state index in [1.165, 1.54) is 70.1 Å². The zero-order chi connectivity index (χ0) is 23.5. The molecule has 0 bridgehead atoms. The second-order valence-corrected chi connectivity index (χ2v) is 9.91. The molecule has 5 rings (SSSR count). The van der Waals surface area contributed by atoms with Gasteiger partial charge in [-0.2, -0.15) is 0 Å². The number of nitrogens with zero attached hydrogens (tertiary/aromatic N) is 2. The molecule has 1 fully saturated rings. The summed E-state index contributed by atoms with van der Waals surface area (Å²) in [6.45, 7) is 7.91. The molecule has 1 aliphatic rings. The normalized spacial score (nSPS) is 16.0. The van der Waals surface area contributed by atoms with Crippen molar-refractivity contribution < 1.29 is 5.11 Å². The SMILES string of the molecule is Cc1cc(C)c2c(c1)c(-c1ccccc1)c(-c1ccccc1)n2CC(O)CN1CCCCCC1. The fourth-order valence-electron chi connectivity index (χ4n) is 5.74. The Bertz CT molecular complexity index is 1240. The van der Waals surface area contributed by atoms with Crippen LogP contribution in [0, 0.1) is 13.8 Å². The van der Waals surface area contributed by atoms with Gasteiger partial charge in [-0.25, -0.2) is 0 Å². The van der Waals surface area contributed by atoms with Crippen molar-refractivity contribution in [2.75, 3.05) is 19.6 Å². The van der Waals surface area contributed by atoms with Crippen molar-refractivity contribution >= 4 is 10.9 Å². The van der Waals surface area contributed by atoms with Crippen molar-refractivity contribution in [2.24, 2.45) is 0 Å². The van der Waals surface area contributed by atoms with Crippen LogP contribution in [0.1, 0.15) is 36.8 Å². The van der Waals surface area contributed by atoms with E-state index >= 15 is 0 Å². The molecule has 0 radical (unpaired) electrons. The first-order valence-corrected chi connectivity index (χ1v) is 12.8. The molecule has 4 aromatic rings. The molecule has 1 N–H and O–H groups in total. The highest BCUT2D eigenvalue weighted by Crippen LogP contribution is 2.42. The van der Waals surface area contributed by atoms with Crippen LogP contribution in [0.4, 0.5) is 0 Å². The second kappa shape index (κ2) is 10.2. The average Bonchev–Trinajstić information content (AvgIpc) is 2.96. The van der Waals surface area contributed by atoms with Crippen molar-refractivity contribution in [3.8, 4) is 22.4 Å². The van der Waals surface area contributed by atoms with E-state index in [1.807, 2.05) is 0 Å². The first kappa shape index (κ1) is 22.9. The summed E-state index contributed by atoms with van der Waals surface area (Å²) in [7, 11) is 0. The maximum absolute atomic E-state index is 11.3. The van der Waals surface area contributed by atoms with Crippen LogP contribution in [0.15, 0.2) is 72.8 Å². The largest absolute Gasteiger partial charge is 0.390 e. The molecule has 0 spiro atoms. The zero-order valence-electron chi connectivity index (χ0n) is 20.5. The van der Waals surface area contributed by atoms with Crippen LogP contribution in [0.25, 0.3) is 33.3 Å².